The Morgan fingerprint density at radius 2 is 1.60 bits per heavy atom. The molecule has 1 aromatic rings. The molecule has 0 aliphatic heterocycles. The van der Waals surface area contributed by atoms with Crippen molar-refractivity contribution in [1.29, 1.82) is 0 Å². The van der Waals surface area contributed by atoms with Crippen molar-refractivity contribution in [2.24, 2.45) is 0 Å². The van der Waals surface area contributed by atoms with Gasteiger partial charge in [0.05, 0.1) is 6.61 Å². The first kappa shape index (κ1) is 16.9. The number of benzene rings is 1. The zero-order valence-electron chi connectivity index (χ0n) is 13.2. The Kier molecular flexibility index (Phi) is 8.93. The van der Waals surface area contributed by atoms with Crippen LogP contribution in [0.3, 0.4) is 0 Å². The highest BCUT2D eigenvalue weighted by atomic mass is 16.5. The minimum Gasteiger partial charge on any atom is -0.508 e. The summed E-state index contributed by atoms with van der Waals surface area (Å²) in [5.74, 6) is 1.24. The smallest absolute Gasteiger partial charge is 0.126 e. The monoisotopic (exact) mass is 278 g/mol. The van der Waals surface area contributed by atoms with Gasteiger partial charge in [-0.3, -0.25) is 0 Å². The van der Waals surface area contributed by atoms with Gasteiger partial charge in [-0.1, -0.05) is 58.4 Å². The second kappa shape index (κ2) is 10.6. The van der Waals surface area contributed by atoms with E-state index in [-0.39, 0.29) is 0 Å². The lowest BCUT2D eigenvalue weighted by Gasteiger charge is -2.12. The van der Waals surface area contributed by atoms with Crippen molar-refractivity contribution in [3.8, 4) is 11.5 Å². The van der Waals surface area contributed by atoms with Crippen molar-refractivity contribution >= 4 is 0 Å². The second-order valence-corrected chi connectivity index (χ2v) is 5.47. The number of rotatable bonds is 11. The molecule has 1 aromatic carbocycles. The summed E-state index contributed by atoms with van der Waals surface area (Å²) in [4.78, 5) is 0. The van der Waals surface area contributed by atoms with Crippen molar-refractivity contribution in [2.45, 2.75) is 71.6 Å². The van der Waals surface area contributed by atoms with E-state index >= 15 is 0 Å². The molecule has 114 valence electrons. The van der Waals surface area contributed by atoms with E-state index in [1.807, 2.05) is 12.1 Å². The molecule has 2 nitrogen and oxygen atoms in total. The van der Waals surface area contributed by atoms with Gasteiger partial charge in [0, 0.05) is 5.56 Å². The van der Waals surface area contributed by atoms with Crippen LogP contribution in [0.1, 0.15) is 70.8 Å². The van der Waals surface area contributed by atoms with Gasteiger partial charge in [-0.2, -0.15) is 0 Å². The molecule has 0 fully saturated rings. The Labute approximate surface area is 124 Å². The molecule has 0 radical (unpaired) electrons. The zero-order valence-corrected chi connectivity index (χ0v) is 13.2. The van der Waals surface area contributed by atoms with Crippen LogP contribution >= 0.6 is 0 Å². The van der Waals surface area contributed by atoms with E-state index in [2.05, 4.69) is 13.8 Å². The van der Waals surface area contributed by atoms with Crippen LogP contribution in [-0.4, -0.2) is 11.7 Å². The van der Waals surface area contributed by atoms with Crippen LogP contribution in [0.2, 0.25) is 0 Å². The van der Waals surface area contributed by atoms with Crippen LogP contribution < -0.4 is 4.74 Å². The highest BCUT2D eigenvalue weighted by Crippen LogP contribution is 2.29. The van der Waals surface area contributed by atoms with Crippen LogP contribution in [0.15, 0.2) is 18.2 Å². The van der Waals surface area contributed by atoms with Crippen molar-refractivity contribution in [3.05, 3.63) is 23.8 Å². The normalized spacial score (nSPS) is 10.7. The van der Waals surface area contributed by atoms with E-state index in [4.69, 9.17) is 4.74 Å². The van der Waals surface area contributed by atoms with E-state index in [1.54, 1.807) is 6.07 Å². The molecular weight excluding hydrogens is 248 g/mol. The summed E-state index contributed by atoms with van der Waals surface area (Å²) in [7, 11) is 0. The average Bonchev–Trinajstić information content (AvgIpc) is 2.46. The van der Waals surface area contributed by atoms with Crippen molar-refractivity contribution < 1.29 is 9.84 Å². The Morgan fingerprint density at radius 3 is 2.30 bits per heavy atom. The molecule has 0 heterocycles. The first-order valence-electron chi connectivity index (χ1n) is 8.23. The molecule has 0 unspecified atom stereocenters. The molecule has 1 N–H and O–H groups in total. The maximum absolute atomic E-state index is 9.98. The molecule has 0 spiro atoms. The number of unbranched alkanes of at least 4 members (excludes halogenated alkanes) is 6. The molecule has 0 saturated heterocycles. The minimum absolute atomic E-state index is 0.379. The van der Waals surface area contributed by atoms with Crippen LogP contribution in [0, 0.1) is 0 Å². The molecule has 0 aliphatic rings. The number of phenolic OH excluding ortho intramolecular Hbond substituents is 1. The second-order valence-electron chi connectivity index (χ2n) is 5.47. The molecule has 1 rings (SSSR count). The van der Waals surface area contributed by atoms with Crippen LogP contribution in [0.25, 0.3) is 0 Å². The lowest BCUT2D eigenvalue weighted by atomic mass is 10.0. The van der Waals surface area contributed by atoms with Gasteiger partial charge in [0.1, 0.15) is 11.5 Å². The summed E-state index contributed by atoms with van der Waals surface area (Å²) in [6.45, 7) is 5.06. The molecular formula is C18H30O2. The third-order valence-electron chi connectivity index (χ3n) is 3.60. The number of ether oxygens (including phenoxy) is 1. The molecule has 2 heteroatoms. The lowest BCUT2D eigenvalue weighted by Crippen LogP contribution is -1.99. The number of aromatic hydroxyl groups is 1. The van der Waals surface area contributed by atoms with Gasteiger partial charge in [0.2, 0.25) is 0 Å². The maximum atomic E-state index is 9.98. The number of hydrogen-bond donors (Lipinski definition) is 1. The van der Waals surface area contributed by atoms with Crippen molar-refractivity contribution in [2.75, 3.05) is 6.61 Å². The fourth-order valence-corrected chi connectivity index (χ4v) is 2.41. The van der Waals surface area contributed by atoms with Gasteiger partial charge in [0.25, 0.3) is 0 Å². The quantitative estimate of drug-likeness (QED) is 0.543. The molecule has 0 aromatic heterocycles. The minimum atomic E-state index is 0.379. The SMILES string of the molecule is CCCCCCCCCc1c(O)cccc1OCCC. The van der Waals surface area contributed by atoms with Crippen molar-refractivity contribution in [3.63, 3.8) is 0 Å². The van der Waals surface area contributed by atoms with Gasteiger partial charge in [-0.05, 0) is 31.4 Å². The molecule has 0 atom stereocenters. The number of hydrogen-bond acceptors (Lipinski definition) is 2. The van der Waals surface area contributed by atoms with E-state index in [0.717, 1.165) is 30.6 Å². The molecule has 0 amide bonds. The van der Waals surface area contributed by atoms with Gasteiger partial charge < -0.3 is 9.84 Å². The maximum Gasteiger partial charge on any atom is 0.126 e. The Balaban J connectivity index is 2.34. The highest BCUT2D eigenvalue weighted by Gasteiger charge is 2.08. The van der Waals surface area contributed by atoms with Gasteiger partial charge in [-0.15, -0.1) is 0 Å². The molecule has 0 aliphatic carbocycles. The fraction of sp³-hybridized carbons (Fsp3) is 0.667. The predicted molar refractivity (Wildman–Crippen MR) is 85.6 cm³/mol. The first-order valence-corrected chi connectivity index (χ1v) is 8.23. The highest BCUT2D eigenvalue weighted by molar-refractivity contribution is 5.43. The first-order chi connectivity index (χ1) is 9.79. The molecule has 0 bridgehead atoms. The topological polar surface area (TPSA) is 29.5 Å². The lowest BCUT2D eigenvalue weighted by molar-refractivity contribution is 0.311. The number of phenols is 1. The molecule has 20 heavy (non-hydrogen) atoms. The standard InChI is InChI=1S/C18H30O2/c1-3-5-6-7-8-9-10-12-16-17(19)13-11-14-18(16)20-15-4-2/h11,13-14,19H,3-10,12,15H2,1-2H3. The summed E-state index contributed by atoms with van der Waals surface area (Å²) >= 11 is 0. The van der Waals surface area contributed by atoms with Gasteiger partial charge in [-0.25, -0.2) is 0 Å². The van der Waals surface area contributed by atoms with E-state index in [0.29, 0.717) is 12.4 Å². The van der Waals surface area contributed by atoms with Crippen LogP contribution in [0.4, 0.5) is 0 Å². The third-order valence-corrected chi connectivity index (χ3v) is 3.60. The Bertz CT molecular complexity index is 360. The average molecular weight is 278 g/mol. The van der Waals surface area contributed by atoms with Crippen molar-refractivity contribution in [1.82, 2.24) is 0 Å². The summed E-state index contributed by atoms with van der Waals surface area (Å²) in [6, 6.07) is 5.58. The summed E-state index contributed by atoms with van der Waals surface area (Å²) in [5, 5.41) is 9.98. The van der Waals surface area contributed by atoms with Crippen LogP contribution in [-0.2, 0) is 6.42 Å². The predicted octanol–water partition coefficient (Wildman–Crippen LogP) is 5.47. The fourth-order valence-electron chi connectivity index (χ4n) is 2.41. The van der Waals surface area contributed by atoms with Gasteiger partial charge >= 0.3 is 0 Å². The zero-order chi connectivity index (χ0) is 14.6. The van der Waals surface area contributed by atoms with Gasteiger partial charge in [0.15, 0.2) is 0 Å². The molecule has 0 saturated carbocycles. The Morgan fingerprint density at radius 1 is 0.900 bits per heavy atom. The van der Waals surface area contributed by atoms with E-state index in [9.17, 15) is 5.11 Å². The summed E-state index contributed by atoms with van der Waals surface area (Å²) in [6.07, 6.45) is 10.9. The van der Waals surface area contributed by atoms with Crippen LogP contribution in [0.5, 0.6) is 11.5 Å². The largest absolute Gasteiger partial charge is 0.508 e. The Hall–Kier alpha value is -1.18. The third kappa shape index (κ3) is 6.31. The summed E-state index contributed by atoms with van der Waals surface area (Å²) in [5.41, 5.74) is 0.981. The summed E-state index contributed by atoms with van der Waals surface area (Å²) < 4.78 is 5.72. The van der Waals surface area contributed by atoms with E-state index in [1.165, 1.54) is 38.5 Å². The van der Waals surface area contributed by atoms with E-state index < -0.39 is 0 Å².